The zero-order valence-electron chi connectivity index (χ0n) is 15.7. The number of anilines is 2. The maximum absolute atomic E-state index is 13.2. The van der Waals surface area contributed by atoms with Gasteiger partial charge in [0.05, 0.1) is 12.0 Å². The molecule has 0 amide bonds. The number of hydrogen-bond acceptors (Lipinski definition) is 5. The number of nitro groups is 1. The quantitative estimate of drug-likeness (QED) is 0.380. The minimum atomic E-state index is -0.432. The summed E-state index contributed by atoms with van der Waals surface area (Å²) in [5.41, 5.74) is 3.51. The summed E-state index contributed by atoms with van der Waals surface area (Å²) in [6, 6.07) is 12.4. The Kier molecular flexibility index (Phi) is 4.59. The number of aromatic nitrogens is 2. The van der Waals surface area contributed by atoms with Crippen LogP contribution in [0.2, 0.25) is 0 Å². The van der Waals surface area contributed by atoms with Crippen molar-refractivity contribution in [3.63, 3.8) is 0 Å². The van der Waals surface area contributed by atoms with Crippen molar-refractivity contribution in [3.8, 4) is 17.0 Å². The van der Waals surface area contributed by atoms with Crippen molar-refractivity contribution in [2.24, 2.45) is 7.05 Å². The lowest BCUT2D eigenvalue weighted by Gasteiger charge is -2.12. The molecule has 0 aliphatic heterocycles. The summed E-state index contributed by atoms with van der Waals surface area (Å²) in [5.74, 6) is 0.128. The number of aryl methyl sites for hydroxylation is 1. The fourth-order valence-electron chi connectivity index (χ4n) is 3.35. The molecule has 0 saturated carbocycles. The Labute approximate surface area is 165 Å². The van der Waals surface area contributed by atoms with E-state index in [4.69, 9.17) is 4.74 Å². The van der Waals surface area contributed by atoms with Crippen LogP contribution in [0, 0.1) is 15.9 Å². The van der Waals surface area contributed by atoms with E-state index in [9.17, 15) is 14.5 Å². The molecule has 0 aliphatic carbocycles. The number of rotatable bonds is 5. The zero-order valence-corrected chi connectivity index (χ0v) is 15.7. The second kappa shape index (κ2) is 7.23. The van der Waals surface area contributed by atoms with E-state index in [1.165, 1.54) is 24.3 Å². The number of nitrogens with zero attached hydrogens (tertiary/aromatic N) is 3. The van der Waals surface area contributed by atoms with Gasteiger partial charge in [-0.3, -0.25) is 10.1 Å². The molecule has 1 N–H and O–H groups in total. The highest BCUT2D eigenvalue weighted by atomic mass is 19.1. The van der Waals surface area contributed by atoms with Crippen molar-refractivity contribution >= 4 is 28.0 Å². The number of ether oxygens (including phenoxy) is 1. The first-order valence-corrected chi connectivity index (χ1v) is 8.77. The van der Waals surface area contributed by atoms with Crippen LogP contribution in [0.25, 0.3) is 22.0 Å². The summed E-state index contributed by atoms with van der Waals surface area (Å²) in [7, 11) is 3.41. The van der Waals surface area contributed by atoms with Gasteiger partial charge in [-0.1, -0.05) is 0 Å². The Balaban J connectivity index is 1.92. The number of methoxy groups -OCH3 is 1. The smallest absolute Gasteiger partial charge is 0.270 e. The van der Waals surface area contributed by atoms with Crippen molar-refractivity contribution in [3.05, 3.63) is 76.9 Å². The lowest BCUT2D eigenvalue weighted by Crippen LogP contribution is -1.96. The monoisotopic (exact) mass is 392 g/mol. The first kappa shape index (κ1) is 18.4. The largest absolute Gasteiger partial charge is 0.479 e. The molecule has 7 nitrogen and oxygen atoms in total. The first-order chi connectivity index (χ1) is 14.0. The molecule has 4 rings (SSSR count). The van der Waals surface area contributed by atoms with E-state index in [0.29, 0.717) is 22.8 Å². The first-order valence-electron chi connectivity index (χ1n) is 8.77. The highest BCUT2D eigenvalue weighted by molar-refractivity contribution is 6.01. The molecule has 2 aromatic heterocycles. The van der Waals surface area contributed by atoms with Crippen molar-refractivity contribution in [1.29, 1.82) is 0 Å². The van der Waals surface area contributed by atoms with Gasteiger partial charge in [-0.05, 0) is 36.4 Å². The minimum absolute atomic E-state index is 0.0253. The van der Waals surface area contributed by atoms with E-state index >= 15 is 0 Å². The average molecular weight is 392 g/mol. The van der Waals surface area contributed by atoms with Crippen LogP contribution < -0.4 is 10.1 Å². The van der Waals surface area contributed by atoms with Gasteiger partial charge in [-0.15, -0.1) is 0 Å². The molecule has 0 fully saturated rings. The Bertz CT molecular complexity index is 1220. The molecule has 8 heteroatoms. The lowest BCUT2D eigenvalue weighted by atomic mass is 10.0. The Morgan fingerprint density at radius 3 is 2.59 bits per heavy atom. The van der Waals surface area contributed by atoms with E-state index in [0.717, 1.165) is 16.5 Å². The standard InChI is InChI=1S/C21H17FN4O3/c1-25-12-18(16-9-10-23-21(29-2)20(16)25)17-11-15(26(27)28)7-8-19(17)24-14-5-3-13(22)4-6-14/h3-12,24H,1-2H3. The van der Waals surface area contributed by atoms with Gasteiger partial charge in [0, 0.05) is 59.5 Å². The molecule has 0 radical (unpaired) electrons. The molecule has 2 heterocycles. The molecule has 0 spiro atoms. The second-order valence-electron chi connectivity index (χ2n) is 6.49. The molecular formula is C21H17FN4O3. The molecule has 2 aromatic carbocycles. The van der Waals surface area contributed by atoms with Gasteiger partial charge in [0.1, 0.15) is 11.3 Å². The highest BCUT2D eigenvalue weighted by Gasteiger charge is 2.19. The summed E-state index contributed by atoms with van der Waals surface area (Å²) in [5, 5.41) is 15.4. The number of non-ortho nitro benzene ring substituents is 1. The van der Waals surface area contributed by atoms with Crippen LogP contribution >= 0.6 is 0 Å². The van der Waals surface area contributed by atoms with Crippen molar-refractivity contribution < 1.29 is 14.1 Å². The molecule has 0 atom stereocenters. The van der Waals surface area contributed by atoms with Gasteiger partial charge in [-0.2, -0.15) is 0 Å². The average Bonchev–Trinajstić information content (AvgIpc) is 3.06. The summed E-state index contributed by atoms with van der Waals surface area (Å²) in [4.78, 5) is 15.2. The SMILES string of the molecule is COc1nccc2c(-c3cc([N+](=O)[O-])ccc3Nc3ccc(F)cc3)cn(C)c12. The van der Waals surface area contributed by atoms with Gasteiger partial charge < -0.3 is 14.6 Å². The van der Waals surface area contributed by atoms with Gasteiger partial charge >= 0.3 is 0 Å². The van der Waals surface area contributed by atoms with E-state index in [1.807, 2.05) is 23.9 Å². The van der Waals surface area contributed by atoms with E-state index < -0.39 is 4.92 Å². The number of halogens is 1. The molecule has 4 aromatic rings. The number of hydrogen-bond donors (Lipinski definition) is 1. The maximum Gasteiger partial charge on any atom is 0.270 e. The lowest BCUT2D eigenvalue weighted by molar-refractivity contribution is -0.384. The predicted octanol–water partition coefficient (Wildman–Crippen LogP) is 5.04. The number of fused-ring (bicyclic) bond motifs is 1. The Hall–Kier alpha value is -3.94. The Morgan fingerprint density at radius 1 is 1.14 bits per heavy atom. The van der Waals surface area contributed by atoms with E-state index in [1.54, 1.807) is 31.5 Å². The predicted molar refractivity (Wildman–Crippen MR) is 109 cm³/mol. The van der Waals surface area contributed by atoms with Crippen molar-refractivity contribution in [1.82, 2.24) is 9.55 Å². The summed E-state index contributed by atoms with van der Waals surface area (Å²) >= 11 is 0. The van der Waals surface area contributed by atoms with Crippen LogP contribution in [0.3, 0.4) is 0 Å². The molecule has 0 saturated heterocycles. The fourth-order valence-corrected chi connectivity index (χ4v) is 3.35. The van der Waals surface area contributed by atoms with Crippen LogP contribution in [0.1, 0.15) is 0 Å². The van der Waals surface area contributed by atoms with Crippen molar-refractivity contribution in [2.45, 2.75) is 0 Å². The maximum atomic E-state index is 13.2. The van der Waals surface area contributed by atoms with Crippen LogP contribution in [0.5, 0.6) is 5.88 Å². The number of nitrogens with one attached hydrogen (secondary N) is 1. The van der Waals surface area contributed by atoms with Crippen molar-refractivity contribution in [2.75, 3.05) is 12.4 Å². The minimum Gasteiger partial charge on any atom is -0.479 e. The van der Waals surface area contributed by atoms with Gasteiger partial charge in [-0.25, -0.2) is 9.37 Å². The number of benzene rings is 2. The van der Waals surface area contributed by atoms with Gasteiger partial charge in [0.15, 0.2) is 0 Å². The second-order valence-corrected chi connectivity index (χ2v) is 6.49. The third-order valence-corrected chi connectivity index (χ3v) is 4.68. The Morgan fingerprint density at radius 2 is 1.90 bits per heavy atom. The van der Waals surface area contributed by atoms with Crippen LogP contribution in [0.15, 0.2) is 60.9 Å². The molecule has 29 heavy (non-hydrogen) atoms. The van der Waals surface area contributed by atoms with E-state index in [-0.39, 0.29) is 11.5 Å². The molecule has 0 bridgehead atoms. The normalized spacial score (nSPS) is 10.9. The molecule has 0 aliphatic rings. The summed E-state index contributed by atoms with van der Waals surface area (Å²) in [6.45, 7) is 0. The third-order valence-electron chi connectivity index (χ3n) is 4.68. The van der Waals surface area contributed by atoms with Crippen LogP contribution in [-0.4, -0.2) is 21.6 Å². The van der Waals surface area contributed by atoms with E-state index in [2.05, 4.69) is 10.3 Å². The van der Waals surface area contributed by atoms with Crippen LogP contribution in [-0.2, 0) is 7.05 Å². The van der Waals surface area contributed by atoms with Gasteiger partial charge in [0.2, 0.25) is 5.88 Å². The summed E-state index contributed by atoms with van der Waals surface area (Å²) < 4.78 is 20.5. The topological polar surface area (TPSA) is 82.2 Å². The van der Waals surface area contributed by atoms with Gasteiger partial charge in [0.25, 0.3) is 5.69 Å². The zero-order chi connectivity index (χ0) is 20.5. The molecule has 146 valence electrons. The number of nitro benzene ring substituents is 1. The fraction of sp³-hybridized carbons (Fsp3) is 0.0952. The van der Waals surface area contributed by atoms with Crippen LogP contribution in [0.4, 0.5) is 21.5 Å². The molecular weight excluding hydrogens is 375 g/mol. The highest BCUT2D eigenvalue weighted by Crippen LogP contribution is 2.39. The summed E-state index contributed by atoms with van der Waals surface area (Å²) in [6.07, 6.45) is 3.51. The molecule has 0 unspecified atom stereocenters. The number of pyridine rings is 1. The third kappa shape index (κ3) is 3.36.